The second-order valence-electron chi connectivity index (χ2n) is 5.31. The van der Waals surface area contributed by atoms with Crippen LogP contribution in [-0.2, 0) is 6.42 Å². The van der Waals surface area contributed by atoms with Gasteiger partial charge in [-0.25, -0.2) is 8.78 Å². The van der Waals surface area contributed by atoms with Crippen LogP contribution in [0.5, 0.6) is 5.75 Å². The molecule has 3 rings (SSSR count). The number of halogens is 2. The van der Waals surface area contributed by atoms with Crippen molar-refractivity contribution < 1.29 is 13.5 Å². The molecule has 22 heavy (non-hydrogen) atoms. The Hall–Kier alpha value is -1.68. The fourth-order valence-corrected chi connectivity index (χ4v) is 3.88. The van der Waals surface area contributed by atoms with Crippen LogP contribution in [0.4, 0.5) is 8.78 Å². The second-order valence-corrected chi connectivity index (χ2v) is 6.33. The lowest BCUT2D eigenvalue weighted by Gasteiger charge is -2.04. The van der Waals surface area contributed by atoms with E-state index in [-0.39, 0.29) is 11.6 Å². The molecule has 0 spiro atoms. The fraction of sp³-hybridized carbons (Fsp3) is 0.333. The number of fused-ring (bicyclic) bond motifs is 3. The number of hydrogen-bond acceptors (Lipinski definition) is 2. The molecule has 0 aliphatic heterocycles. The maximum Gasteiger partial charge on any atom is 0.182 e. The third-order valence-electron chi connectivity index (χ3n) is 3.83. The number of thiophene rings is 1. The Labute approximate surface area is 132 Å². The van der Waals surface area contributed by atoms with Gasteiger partial charge in [-0.2, -0.15) is 0 Å². The fourth-order valence-electron chi connectivity index (χ4n) is 2.69. The molecule has 1 aromatic heterocycles. The number of hydrogen-bond donors (Lipinski definition) is 0. The third-order valence-corrected chi connectivity index (χ3v) is 5.04. The molecule has 0 aliphatic carbocycles. The molecule has 0 bridgehead atoms. The number of unbranched alkanes of at least 4 members (excludes halogenated alkanes) is 1. The summed E-state index contributed by atoms with van der Waals surface area (Å²) >= 11 is 1.17. The Morgan fingerprint density at radius 2 is 1.64 bits per heavy atom. The van der Waals surface area contributed by atoms with Gasteiger partial charge in [-0.05, 0) is 37.5 Å². The van der Waals surface area contributed by atoms with Crippen LogP contribution in [0.2, 0.25) is 0 Å². The predicted molar refractivity (Wildman–Crippen MR) is 89.0 cm³/mol. The lowest BCUT2D eigenvalue weighted by Crippen LogP contribution is -1.93. The third kappa shape index (κ3) is 2.45. The van der Waals surface area contributed by atoms with Gasteiger partial charge in [0.05, 0.1) is 16.0 Å². The Kier molecular flexibility index (Phi) is 4.30. The van der Waals surface area contributed by atoms with Gasteiger partial charge in [0.1, 0.15) is 5.82 Å². The first-order valence-corrected chi connectivity index (χ1v) is 8.43. The molecule has 0 radical (unpaired) electrons. The minimum Gasteiger partial charge on any atom is -0.491 e. The van der Waals surface area contributed by atoms with Crippen molar-refractivity contribution in [1.82, 2.24) is 0 Å². The first kappa shape index (κ1) is 15.2. The molecule has 0 saturated heterocycles. The lowest BCUT2D eigenvalue weighted by atomic mass is 10.0. The summed E-state index contributed by atoms with van der Waals surface area (Å²) < 4.78 is 35.4. The van der Waals surface area contributed by atoms with E-state index >= 15 is 0 Å². The van der Waals surface area contributed by atoms with Crippen LogP contribution in [-0.4, -0.2) is 6.61 Å². The summed E-state index contributed by atoms with van der Waals surface area (Å²) in [6, 6.07) is 7.17. The summed E-state index contributed by atoms with van der Waals surface area (Å²) in [6.07, 6.45) is 2.70. The average molecular weight is 320 g/mol. The van der Waals surface area contributed by atoms with Crippen LogP contribution in [0.1, 0.15) is 32.3 Å². The average Bonchev–Trinajstić information content (AvgIpc) is 2.90. The lowest BCUT2D eigenvalue weighted by molar-refractivity contribution is 0.323. The van der Waals surface area contributed by atoms with Crippen molar-refractivity contribution in [3.05, 3.63) is 41.5 Å². The first-order chi connectivity index (χ1) is 10.7. The Morgan fingerprint density at radius 3 is 2.32 bits per heavy atom. The zero-order valence-electron chi connectivity index (χ0n) is 12.7. The molecule has 0 amide bonds. The second kappa shape index (κ2) is 6.21. The molecule has 0 unspecified atom stereocenters. The van der Waals surface area contributed by atoms with Gasteiger partial charge in [-0.3, -0.25) is 0 Å². The van der Waals surface area contributed by atoms with E-state index < -0.39 is 5.82 Å². The van der Waals surface area contributed by atoms with Gasteiger partial charge >= 0.3 is 0 Å². The molecule has 1 heterocycles. The van der Waals surface area contributed by atoms with E-state index in [1.165, 1.54) is 11.3 Å². The number of benzene rings is 2. The van der Waals surface area contributed by atoms with E-state index in [1.807, 2.05) is 25.1 Å². The zero-order chi connectivity index (χ0) is 15.7. The monoisotopic (exact) mass is 320 g/mol. The van der Waals surface area contributed by atoms with Crippen molar-refractivity contribution >= 4 is 31.5 Å². The molecule has 116 valence electrons. The predicted octanol–water partition coefficient (Wildman–Crippen LogP) is 6.07. The summed E-state index contributed by atoms with van der Waals surface area (Å²) in [5.41, 5.74) is 0.714. The molecular formula is C18H18F2OS. The van der Waals surface area contributed by atoms with E-state index in [1.54, 1.807) is 6.07 Å². The molecule has 0 aliphatic rings. The molecule has 4 heteroatoms. The summed E-state index contributed by atoms with van der Waals surface area (Å²) in [6.45, 7) is 4.30. The topological polar surface area (TPSA) is 9.23 Å². The zero-order valence-corrected chi connectivity index (χ0v) is 13.5. The van der Waals surface area contributed by atoms with Crippen LogP contribution in [0.3, 0.4) is 0 Å². The van der Waals surface area contributed by atoms with E-state index in [9.17, 15) is 8.78 Å². The van der Waals surface area contributed by atoms with Crippen molar-refractivity contribution in [1.29, 1.82) is 0 Å². The largest absolute Gasteiger partial charge is 0.491 e. The van der Waals surface area contributed by atoms with Crippen molar-refractivity contribution in [2.75, 3.05) is 6.61 Å². The maximum atomic E-state index is 14.7. The molecule has 0 saturated carbocycles. The number of aryl methyl sites for hydroxylation is 1. The summed E-state index contributed by atoms with van der Waals surface area (Å²) in [7, 11) is 0. The highest BCUT2D eigenvalue weighted by Gasteiger charge is 2.17. The van der Waals surface area contributed by atoms with Crippen molar-refractivity contribution in [2.45, 2.75) is 33.1 Å². The standard InChI is InChI=1S/C18H18F2OS/c1-3-5-6-11-7-8-12-13-9-10-14(21-4-2)16(20)18(13)22-17(12)15(11)19/h7-10H,3-6H2,1-2H3. The van der Waals surface area contributed by atoms with E-state index in [0.717, 1.165) is 30.0 Å². The molecule has 0 atom stereocenters. The quantitative estimate of drug-likeness (QED) is 0.554. The highest BCUT2D eigenvalue weighted by Crippen LogP contribution is 2.40. The van der Waals surface area contributed by atoms with Gasteiger partial charge in [0.25, 0.3) is 0 Å². The first-order valence-electron chi connectivity index (χ1n) is 7.62. The number of rotatable bonds is 5. The molecule has 3 aromatic rings. The van der Waals surface area contributed by atoms with Crippen molar-refractivity contribution in [3.8, 4) is 5.75 Å². The van der Waals surface area contributed by atoms with E-state index in [2.05, 4.69) is 6.92 Å². The van der Waals surface area contributed by atoms with Gasteiger partial charge in [-0.1, -0.05) is 25.5 Å². The van der Waals surface area contributed by atoms with Gasteiger partial charge in [0.15, 0.2) is 11.6 Å². The number of ether oxygens (including phenoxy) is 1. The summed E-state index contributed by atoms with van der Waals surface area (Å²) in [4.78, 5) is 0. The minimum absolute atomic E-state index is 0.204. The Bertz CT molecular complexity index is 823. The normalized spacial score (nSPS) is 11.5. The molecule has 0 fully saturated rings. The van der Waals surface area contributed by atoms with Crippen LogP contribution < -0.4 is 4.74 Å². The van der Waals surface area contributed by atoms with E-state index in [0.29, 0.717) is 21.6 Å². The highest BCUT2D eigenvalue weighted by atomic mass is 32.1. The maximum absolute atomic E-state index is 14.7. The highest BCUT2D eigenvalue weighted by molar-refractivity contribution is 7.25. The molecule has 1 nitrogen and oxygen atoms in total. The van der Waals surface area contributed by atoms with E-state index in [4.69, 9.17) is 4.74 Å². The molecular weight excluding hydrogens is 302 g/mol. The van der Waals surface area contributed by atoms with Crippen molar-refractivity contribution in [3.63, 3.8) is 0 Å². The summed E-state index contributed by atoms with van der Waals surface area (Å²) in [5, 5.41) is 1.53. The van der Waals surface area contributed by atoms with Gasteiger partial charge in [0.2, 0.25) is 0 Å². The van der Waals surface area contributed by atoms with Crippen LogP contribution in [0.15, 0.2) is 24.3 Å². The minimum atomic E-state index is -0.393. The van der Waals surface area contributed by atoms with Crippen molar-refractivity contribution in [2.24, 2.45) is 0 Å². The van der Waals surface area contributed by atoms with Crippen LogP contribution in [0, 0.1) is 11.6 Å². The Morgan fingerprint density at radius 1 is 0.955 bits per heavy atom. The van der Waals surface area contributed by atoms with Gasteiger partial charge < -0.3 is 4.74 Å². The van der Waals surface area contributed by atoms with Crippen LogP contribution >= 0.6 is 11.3 Å². The van der Waals surface area contributed by atoms with Gasteiger partial charge in [-0.15, -0.1) is 11.3 Å². The van der Waals surface area contributed by atoms with Gasteiger partial charge in [0, 0.05) is 10.8 Å². The Balaban J connectivity index is 2.20. The summed E-state index contributed by atoms with van der Waals surface area (Å²) in [5.74, 6) is -0.368. The van der Waals surface area contributed by atoms with Crippen LogP contribution in [0.25, 0.3) is 20.2 Å². The SMILES string of the molecule is CCCCc1ccc2c(sc3c(F)c(OCC)ccc32)c1F. The molecule has 2 aromatic carbocycles. The smallest absolute Gasteiger partial charge is 0.182 e. The molecule has 0 N–H and O–H groups in total.